The molecule has 3 heteroatoms. The van der Waals surface area contributed by atoms with Crippen molar-refractivity contribution >= 4 is 11.5 Å². The highest BCUT2D eigenvalue weighted by atomic mass is 16.1. The Labute approximate surface area is 200 Å². The first kappa shape index (κ1) is 20.9. The summed E-state index contributed by atoms with van der Waals surface area (Å²) in [6.45, 7) is 0. The van der Waals surface area contributed by atoms with Gasteiger partial charge in [-0.3, -0.25) is 9.78 Å². The van der Waals surface area contributed by atoms with Gasteiger partial charge in [0.25, 0.3) is 0 Å². The molecule has 1 aromatic heterocycles. The van der Waals surface area contributed by atoms with Crippen LogP contribution in [0.25, 0.3) is 11.1 Å². The highest BCUT2D eigenvalue weighted by Gasteiger charge is 2.35. The molecule has 0 spiro atoms. The topological polar surface area (TPSA) is 56.0 Å². The molecule has 1 heterocycles. The molecule has 0 radical (unpaired) electrons. The molecule has 0 amide bonds. The Morgan fingerprint density at radius 3 is 2.62 bits per heavy atom. The smallest absolute Gasteiger partial charge is 0.170 e. The number of nitrogens with zero attached hydrogens (tertiary/aromatic N) is 1. The van der Waals surface area contributed by atoms with E-state index < -0.39 is 0 Å². The predicted molar refractivity (Wildman–Crippen MR) is 137 cm³/mol. The zero-order valence-corrected chi connectivity index (χ0v) is 19.2. The number of nitrogen functional groups attached to an aromatic ring is 1. The van der Waals surface area contributed by atoms with Crippen LogP contribution >= 0.6 is 0 Å². The fourth-order valence-electron chi connectivity index (χ4n) is 6.03. The minimum absolute atomic E-state index is 0.166. The molecule has 3 nitrogen and oxygen atoms in total. The molecule has 0 aliphatic heterocycles. The minimum Gasteiger partial charge on any atom is -0.399 e. The van der Waals surface area contributed by atoms with Crippen LogP contribution in [0.1, 0.15) is 62.9 Å². The Morgan fingerprint density at radius 1 is 0.941 bits per heavy atom. The number of benzene rings is 3. The van der Waals surface area contributed by atoms with Crippen LogP contribution in [0, 0.1) is 0 Å². The van der Waals surface area contributed by atoms with E-state index in [4.69, 9.17) is 5.73 Å². The highest BCUT2D eigenvalue weighted by molar-refractivity contribution is 6.03. The molecule has 2 aliphatic rings. The van der Waals surface area contributed by atoms with Gasteiger partial charge in [-0.05, 0) is 107 Å². The van der Waals surface area contributed by atoms with Crippen LogP contribution in [0.3, 0.4) is 0 Å². The van der Waals surface area contributed by atoms with Crippen molar-refractivity contribution in [3.63, 3.8) is 0 Å². The molecule has 2 N–H and O–H groups in total. The molecule has 6 rings (SSSR count). The Morgan fingerprint density at radius 2 is 1.79 bits per heavy atom. The lowest BCUT2D eigenvalue weighted by atomic mass is 9.69. The first-order valence-corrected chi connectivity index (χ1v) is 12.2. The van der Waals surface area contributed by atoms with Crippen LogP contribution in [-0.4, -0.2) is 10.8 Å². The number of rotatable bonds is 4. The first-order chi connectivity index (χ1) is 16.7. The van der Waals surface area contributed by atoms with Crippen molar-refractivity contribution in [3.05, 3.63) is 119 Å². The van der Waals surface area contributed by atoms with Gasteiger partial charge in [0.2, 0.25) is 0 Å². The summed E-state index contributed by atoms with van der Waals surface area (Å²) in [7, 11) is 0. The third kappa shape index (κ3) is 3.62. The van der Waals surface area contributed by atoms with E-state index in [1.165, 1.54) is 45.4 Å². The van der Waals surface area contributed by atoms with Gasteiger partial charge < -0.3 is 5.73 Å². The summed E-state index contributed by atoms with van der Waals surface area (Å²) in [6.07, 6.45) is 8.92. The van der Waals surface area contributed by atoms with Gasteiger partial charge in [0.15, 0.2) is 5.78 Å². The summed E-state index contributed by atoms with van der Waals surface area (Å²) in [5.74, 6) is 0.488. The van der Waals surface area contributed by atoms with Gasteiger partial charge in [-0.2, -0.15) is 0 Å². The van der Waals surface area contributed by atoms with E-state index in [1.807, 2.05) is 42.7 Å². The molecule has 4 aromatic rings. The van der Waals surface area contributed by atoms with Crippen LogP contribution in [0.2, 0.25) is 0 Å². The zero-order valence-electron chi connectivity index (χ0n) is 19.2. The Kier molecular flexibility index (Phi) is 5.26. The van der Waals surface area contributed by atoms with Crippen LogP contribution in [-0.2, 0) is 19.3 Å². The van der Waals surface area contributed by atoms with Crippen LogP contribution in [0.5, 0.6) is 0 Å². The zero-order chi connectivity index (χ0) is 23.1. The molecular formula is C31H28N2O. The van der Waals surface area contributed by atoms with Gasteiger partial charge >= 0.3 is 0 Å². The van der Waals surface area contributed by atoms with Crippen molar-refractivity contribution in [1.82, 2.24) is 4.98 Å². The summed E-state index contributed by atoms with van der Waals surface area (Å²) in [5.41, 5.74) is 16.4. The molecule has 168 valence electrons. The summed E-state index contributed by atoms with van der Waals surface area (Å²) >= 11 is 0. The van der Waals surface area contributed by atoms with Crippen molar-refractivity contribution in [2.45, 2.75) is 43.9 Å². The molecule has 0 saturated heterocycles. The van der Waals surface area contributed by atoms with Crippen molar-refractivity contribution in [1.29, 1.82) is 0 Å². The Bertz CT molecular complexity index is 1360. The predicted octanol–water partition coefficient (Wildman–Crippen LogP) is 6.52. The number of ketones is 1. The molecule has 2 aliphatic carbocycles. The fraction of sp³-hybridized carbons (Fsp3) is 0.226. The lowest BCUT2D eigenvalue weighted by Gasteiger charge is -2.34. The summed E-state index contributed by atoms with van der Waals surface area (Å²) < 4.78 is 0. The summed E-state index contributed by atoms with van der Waals surface area (Å²) in [4.78, 5) is 18.2. The molecule has 0 bridgehead atoms. The monoisotopic (exact) mass is 444 g/mol. The van der Waals surface area contributed by atoms with Crippen LogP contribution in [0.4, 0.5) is 5.69 Å². The fourth-order valence-corrected chi connectivity index (χ4v) is 6.03. The quantitative estimate of drug-likeness (QED) is 0.288. The molecule has 2 unspecified atom stereocenters. The number of hydrogen-bond donors (Lipinski definition) is 1. The third-order valence-corrected chi connectivity index (χ3v) is 7.61. The number of pyridine rings is 1. The molecule has 3 aromatic carbocycles. The third-order valence-electron chi connectivity index (χ3n) is 7.61. The SMILES string of the molecule is Nc1ccc(C(=O)C2Cc3ccccc3-c3ccc4c(c32)CCCC4Cc2cccnc2)cc1. The number of fused-ring (bicyclic) bond motifs is 5. The van der Waals surface area contributed by atoms with E-state index >= 15 is 0 Å². The van der Waals surface area contributed by atoms with Crippen LogP contribution < -0.4 is 5.73 Å². The molecule has 2 atom stereocenters. The summed E-state index contributed by atoms with van der Waals surface area (Å²) in [6, 6.07) is 24.8. The van der Waals surface area contributed by atoms with Gasteiger partial charge in [0.05, 0.1) is 5.92 Å². The number of nitrogens with two attached hydrogens (primary N) is 1. The lowest BCUT2D eigenvalue weighted by Crippen LogP contribution is -2.24. The largest absolute Gasteiger partial charge is 0.399 e. The van der Waals surface area contributed by atoms with Gasteiger partial charge in [-0.25, -0.2) is 0 Å². The summed E-state index contributed by atoms with van der Waals surface area (Å²) in [5, 5.41) is 0. The van der Waals surface area contributed by atoms with Gasteiger partial charge in [0.1, 0.15) is 0 Å². The van der Waals surface area contributed by atoms with Crippen molar-refractivity contribution in [2.24, 2.45) is 0 Å². The van der Waals surface area contributed by atoms with Crippen molar-refractivity contribution in [3.8, 4) is 11.1 Å². The van der Waals surface area contributed by atoms with Gasteiger partial charge in [0, 0.05) is 23.6 Å². The van der Waals surface area contributed by atoms with E-state index in [0.29, 0.717) is 11.6 Å². The number of hydrogen-bond acceptors (Lipinski definition) is 3. The van der Waals surface area contributed by atoms with E-state index in [9.17, 15) is 4.79 Å². The number of Topliss-reactive ketones (excluding diaryl/α,β-unsaturated/α-hetero) is 1. The Balaban J connectivity index is 1.48. The number of anilines is 1. The Hall–Kier alpha value is -3.72. The maximum Gasteiger partial charge on any atom is 0.170 e. The first-order valence-electron chi connectivity index (χ1n) is 12.2. The van der Waals surface area contributed by atoms with Crippen molar-refractivity contribution < 1.29 is 4.79 Å². The minimum atomic E-state index is -0.166. The number of aromatic nitrogens is 1. The lowest BCUT2D eigenvalue weighted by molar-refractivity contribution is 0.0958. The second kappa shape index (κ2) is 8.57. The standard InChI is InChI=1S/C31H28N2O/c32-24-12-10-21(11-13-24)31(34)29-18-23-6-1-2-8-25(23)28-15-14-26-22(7-3-9-27(26)30(28)29)17-20-5-4-16-33-19-20/h1-2,4-6,8,10-16,19,22,29H,3,7,9,17-18,32H2. The number of carbonyl (C=O) groups is 1. The average Bonchev–Trinajstić information content (AvgIpc) is 2.88. The van der Waals surface area contributed by atoms with E-state index in [1.54, 1.807) is 0 Å². The maximum atomic E-state index is 13.9. The van der Waals surface area contributed by atoms with E-state index in [0.717, 1.165) is 31.2 Å². The van der Waals surface area contributed by atoms with E-state index in [2.05, 4.69) is 47.4 Å². The molecule has 34 heavy (non-hydrogen) atoms. The number of carbonyl (C=O) groups excluding carboxylic acids is 1. The van der Waals surface area contributed by atoms with E-state index in [-0.39, 0.29) is 11.7 Å². The van der Waals surface area contributed by atoms with Crippen LogP contribution in [0.15, 0.2) is 85.2 Å². The maximum absolute atomic E-state index is 13.9. The van der Waals surface area contributed by atoms with Gasteiger partial charge in [-0.15, -0.1) is 0 Å². The highest BCUT2D eigenvalue weighted by Crippen LogP contribution is 2.47. The van der Waals surface area contributed by atoms with Crippen molar-refractivity contribution in [2.75, 3.05) is 5.73 Å². The molecule has 0 fully saturated rings. The second-order valence-electron chi connectivity index (χ2n) is 9.65. The molecular weight excluding hydrogens is 416 g/mol. The normalized spacial score (nSPS) is 18.5. The molecule has 0 saturated carbocycles. The van der Waals surface area contributed by atoms with Gasteiger partial charge in [-0.1, -0.05) is 42.5 Å². The average molecular weight is 445 g/mol. The second-order valence-corrected chi connectivity index (χ2v) is 9.65.